The highest BCUT2D eigenvalue weighted by Gasteiger charge is 2.35. The van der Waals surface area contributed by atoms with E-state index in [1.165, 1.54) is 18.2 Å². The van der Waals surface area contributed by atoms with Crippen molar-refractivity contribution in [3.63, 3.8) is 0 Å². The van der Waals surface area contributed by atoms with E-state index in [1.54, 1.807) is 0 Å². The molecule has 136 valence electrons. The van der Waals surface area contributed by atoms with Crippen molar-refractivity contribution in [1.82, 2.24) is 10.3 Å². The lowest BCUT2D eigenvalue weighted by molar-refractivity contribution is 0.0695. The minimum absolute atomic E-state index is 0.210. The summed E-state index contributed by atoms with van der Waals surface area (Å²) in [6.07, 6.45) is 1.89. The summed E-state index contributed by atoms with van der Waals surface area (Å²) in [6.45, 7) is 5.20. The average Bonchev–Trinajstić information content (AvgIpc) is 3.23. The van der Waals surface area contributed by atoms with Gasteiger partial charge < -0.3 is 20.3 Å². The molecule has 0 aliphatic carbocycles. The Hall–Kier alpha value is -2.60. The second-order valence-electron chi connectivity index (χ2n) is 7.13. The van der Waals surface area contributed by atoms with E-state index >= 15 is 0 Å². The molecule has 3 heterocycles. The first-order valence-corrected chi connectivity index (χ1v) is 9.15. The van der Waals surface area contributed by atoms with Crippen LogP contribution in [0.4, 0.5) is 5.69 Å². The number of pyridine rings is 1. The lowest BCUT2D eigenvalue weighted by Crippen LogP contribution is -2.30. The van der Waals surface area contributed by atoms with E-state index in [-0.39, 0.29) is 5.56 Å². The maximum atomic E-state index is 12.1. The maximum Gasteiger partial charge on any atom is 0.341 e. The first-order valence-electron chi connectivity index (χ1n) is 9.15. The van der Waals surface area contributed by atoms with Crippen LogP contribution in [0, 0.1) is 5.92 Å². The number of aromatic carboxylic acids is 1. The van der Waals surface area contributed by atoms with Crippen LogP contribution in [0.1, 0.15) is 29.3 Å². The number of carbonyl (C=O) groups is 1. The lowest BCUT2D eigenvalue weighted by atomic mass is 10.0. The Morgan fingerprint density at radius 2 is 2.04 bits per heavy atom. The molecule has 6 nitrogen and oxygen atoms in total. The Balaban J connectivity index is 1.62. The number of fused-ring (bicyclic) bond motifs is 1. The summed E-state index contributed by atoms with van der Waals surface area (Å²) < 4.78 is 0. The molecule has 2 aromatic rings. The summed E-state index contributed by atoms with van der Waals surface area (Å²) in [5, 5.41) is 12.7. The third kappa shape index (κ3) is 2.90. The van der Waals surface area contributed by atoms with E-state index in [0.717, 1.165) is 36.7 Å². The summed E-state index contributed by atoms with van der Waals surface area (Å²) >= 11 is 0. The zero-order chi connectivity index (χ0) is 18.3. The highest BCUT2D eigenvalue weighted by atomic mass is 16.4. The van der Waals surface area contributed by atoms with Gasteiger partial charge in [0.05, 0.1) is 5.69 Å². The van der Waals surface area contributed by atoms with Crippen molar-refractivity contribution in [2.45, 2.75) is 25.8 Å². The molecule has 0 radical (unpaired) electrons. The number of hydrogen-bond acceptors (Lipinski definition) is 4. The van der Waals surface area contributed by atoms with Gasteiger partial charge >= 0.3 is 5.97 Å². The van der Waals surface area contributed by atoms with Gasteiger partial charge in [0.2, 0.25) is 0 Å². The van der Waals surface area contributed by atoms with Crippen LogP contribution in [0.15, 0.2) is 35.1 Å². The second kappa shape index (κ2) is 6.61. The number of aryl methyl sites for hydroxylation is 1. The van der Waals surface area contributed by atoms with E-state index in [2.05, 4.69) is 27.3 Å². The zero-order valence-corrected chi connectivity index (χ0v) is 14.8. The summed E-state index contributed by atoms with van der Waals surface area (Å²) in [4.78, 5) is 28.4. The van der Waals surface area contributed by atoms with Gasteiger partial charge in [0, 0.05) is 24.8 Å². The van der Waals surface area contributed by atoms with Gasteiger partial charge in [-0.25, -0.2) is 4.79 Å². The van der Waals surface area contributed by atoms with Gasteiger partial charge in [-0.1, -0.05) is 19.1 Å². The average molecular weight is 353 g/mol. The van der Waals surface area contributed by atoms with Crippen molar-refractivity contribution in [3.8, 4) is 11.3 Å². The fourth-order valence-electron chi connectivity index (χ4n) is 4.17. The molecule has 2 saturated heterocycles. The summed E-state index contributed by atoms with van der Waals surface area (Å²) in [5.41, 5.74) is 2.85. The first-order chi connectivity index (χ1) is 12.6. The van der Waals surface area contributed by atoms with Gasteiger partial charge in [0.15, 0.2) is 0 Å². The van der Waals surface area contributed by atoms with Gasteiger partial charge in [-0.2, -0.15) is 0 Å². The van der Waals surface area contributed by atoms with Gasteiger partial charge in [0.1, 0.15) is 5.56 Å². The highest BCUT2D eigenvalue weighted by Crippen LogP contribution is 2.30. The molecule has 6 heteroatoms. The highest BCUT2D eigenvalue weighted by molar-refractivity contribution is 5.88. The van der Waals surface area contributed by atoms with E-state index in [1.807, 2.05) is 19.1 Å². The van der Waals surface area contributed by atoms with Crippen LogP contribution in [0.3, 0.4) is 0 Å². The normalized spacial score (nSPS) is 21.8. The van der Waals surface area contributed by atoms with Crippen molar-refractivity contribution < 1.29 is 9.90 Å². The van der Waals surface area contributed by atoms with Crippen molar-refractivity contribution in [1.29, 1.82) is 0 Å². The molecule has 26 heavy (non-hydrogen) atoms. The fraction of sp³-hybridized carbons (Fsp3) is 0.400. The third-order valence-corrected chi connectivity index (χ3v) is 5.62. The van der Waals surface area contributed by atoms with Crippen molar-refractivity contribution in [2.75, 3.05) is 24.5 Å². The molecule has 1 aromatic heterocycles. The number of hydrogen-bond donors (Lipinski definition) is 3. The van der Waals surface area contributed by atoms with Gasteiger partial charge in [-0.15, -0.1) is 0 Å². The Labute approximate surface area is 151 Å². The molecule has 0 unspecified atom stereocenters. The van der Waals surface area contributed by atoms with Crippen LogP contribution in [-0.4, -0.2) is 41.7 Å². The molecule has 3 N–H and O–H groups in total. The lowest BCUT2D eigenvalue weighted by Gasteiger charge is -2.20. The summed E-state index contributed by atoms with van der Waals surface area (Å²) in [6, 6.07) is 10.3. The van der Waals surface area contributed by atoms with Crippen LogP contribution < -0.4 is 15.8 Å². The SMILES string of the molecule is CCc1cc(C(=O)O)c(=O)[nH]c1-c1ccc(N2C[C@@H]3CCN[C@@H]3C2)cc1. The molecular weight excluding hydrogens is 330 g/mol. The van der Waals surface area contributed by atoms with Crippen LogP contribution in [0.2, 0.25) is 0 Å². The van der Waals surface area contributed by atoms with E-state index in [9.17, 15) is 9.59 Å². The molecule has 0 spiro atoms. The third-order valence-electron chi connectivity index (χ3n) is 5.62. The molecule has 0 saturated carbocycles. The maximum absolute atomic E-state index is 12.1. The Bertz CT molecular complexity index is 876. The number of H-pyrrole nitrogens is 1. The molecular formula is C20H23N3O3. The van der Waals surface area contributed by atoms with Gasteiger partial charge in [0.25, 0.3) is 5.56 Å². The molecule has 4 rings (SSSR count). The van der Waals surface area contributed by atoms with Gasteiger partial charge in [-0.05, 0) is 54.6 Å². The van der Waals surface area contributed by atoms with Gasteiger partial charge in [-0.3, -0.25) is 4.79 Å². The number of aromatic amines is 1. The predicted molar refractivity (Wildman–Crippen MR) is 101 cm³/mol. The fourth-order valence-corrected chi connectivity index (χ4v) is 4.17. The smallest absolute Gasteiger partial charge is 0.341 e. The molecule has 0 bridgehead atoms. The van der Waals surface area contributed by atoms with Crippen LogP contribution in [0.5, 0.6) is 0 Å². The molecule has 2 fully saturated rings. The Morgan fingerprint density at radius 3 is 2.69 bits per heavy atom. The number of nitrogens with zero attached hydrogens (tertiary/aromatic N) is 1. The largest absolute Gasteiger partial charge is 0.477 e. The Morgan fingerprint density at radius 1 is 1.27 bits per heavy atom. The molecule has 2 aliphatic rings. The zero-order valence-electron chi connectivity index (χ0n) is 14.8. The van der Waals surface area contributed by atoms with Crippen molar-refractivity contribution in [2.24, 2.45) is 5.92 Å². The molecule has 2 atom stereocenters. The molecule has 2 aliphatic heterocycles. The monoisotopic (exact) mass is 353 g/mol. The first kappa shape index (κ1) is 16.8. The molecule has 1 aromatic carbocycles. The van der Waals surface area contributed by atoms with E-state index < -0.39 is 11.5 Å². The number of rotatable bonds is 4. The van der Waals surface area contributed by atoms with Crippen LogP contribution in [0.25, 0.3) is 11.3 Å². The number of benzene rings is 1. The molecule has 0 amide bonds. The number of carboxylic acids is 1. The number of aromatic nitrogens is 1. The quantitative estimate of drug-likeness (QED) is 0.784. The summed E-state index contributed by atoms with van der Waals surface area (Å²) in [7, 11) is 0. The standard InChI is InChI=1S/C20H23N3O3/c1-2-12-9-16(20(25)26)19(24)22-18(12)13-3-5-15(6-4-13)23-10-14-7-8-21-17(14)11-23/h3-6,9,14,17,21H,2,7-8,10-11H2,1H3,(H,22,24)(H,25,26)/t14-,17+/m0/s1. The summed E-state index contributed by atoms with van der Waals surface area (Å²) in [5.74, 6) is -0.461. The number of carboxylic acid groups (broad SMARTS) is 1. The van der Waals surface area contributed by atoms with Crippen molar-refractivity contribution >= 4 is 11.7 Å². The predicted octanol–water partition coefficient (Wildman–Crippen LogP) is 2.10. The Kier molecular flexibility index (Phi) is 4.28. The second-order valence-corrected chi connectivity index (χ2v) is 7.13. The van der Waals surface area contributed by atoms with Crippen LogP contribution in [-0.2, 0) is 6.42 Å². The van der Waals surface area contributed by atoms with Crippen molar-refractivity contribution in [3.05, 3.63) is 51.8 Å². The van der Waals surface area contributed by atoms with E-state index in [4.69, 9.17) is 5.11 Å². The minimum Gasteiger partial charge on any atom is -0.477 e. The number of anilines is 1. The van der Waals surface area contributed by atoms with Crippen LogP contribution >= 0.6 is 0 Å². The van der Waals surface area contributed by atoms with E-state index in [0.29, 0.717) is 18.2 Å². The topological polar surface area (TPSA) is 85.4 Å². The number of nitrogens with one attached hydrogen (secondary N) is 2. The minimum atomic E-state index is -1.20.